The largest absolute Gasteiger partial charge is 0.481 e. The second kappa shape index (κ2) is 5.95. The van der Waals surface area contributed by atoms with Crippen LogP contribution in [-0.2, 0) is 9.59 Å². The molecular formula is C13H21NO3S. The minimum absolute atomic E-state index is 0.0520. The first-order valence-electron chi connectivity index (χ1n) is 6.67. The average Bonchev–Trinajstić information content (AvgIpc) is 2.91. The third-order valence-corrected chi connectivity index (χ3v) is 5.37. The molecule has 1 saturated carbocycles. The van der Waals surface area contributed by atoms with Crippen LogP contribution in [-0.4, -0.2) is 46.5 Å². The number of carbonyl (C=O) groups is 2. The normalized spacial score (nSPS) is 32.2. The fourth-order valence-corrected chi connectivity index (χ4v) is 4.15. The van der Waals surface area contributed by atoms with E-state index in [2.05, 4.69) is 0 Å². The van der Waals surface area contributed by atoms with Crippen LogP contribution in [0.5, 0.6) is 0 Å². The van der Waals surface area contributed by atoms with Gasteiger partial charge in [0.1, 0.15) is 0 Å². The minimum atomic E-state index is -0.707. The summed E-state index contributed by atoms with van der Waals surface area (Å²) in [4.78, 5) is 25.1. The average molecular weight is 271 g/mol. The van der Waals surface area contributed by atoms with Crippen molar-refractivity contribution in [1.82, 2.24) is 4.90 Å². The van der Waals surface area contributed by atoms with Crippen LogP contribution in [0.25, 0.3) is 0 Å². The lowest BCUT2D eigenvalue weighted by atomic mass is 9.81. The van der Waals surface area contributed by atoms with Gasteiger partial charge in [0.15, 0.2) is 0 Å². The van der Waals surface area contributed by atoms with Gasteiger partial charge in [0.25, 0.3) is 0 Å². The van der Waals surface area contributed by atoms with E-state index in [1.54, 1.807) is 0 Å². The van der Waals surface area contributed by atoms with Gasteiger partial charge in [0.2, 0.25) is 5.91 Å². The van der Waals surface area contributed by atoms with Crippen LogP contribution in [0.2, 0.25) is 0 Å². The zero-order valence-corrected chi connectivity index (χ0v) is 11.6. The molecule has 0 aromatic carbocycles. The third kappa shape index (κ3) is 2.99. The molecule has 0 radical (unpaired) electrons. The molecule has 2 rings (SSSR count). The molecule has 1 N–H and O–H groups in total. The van der Waals surface area contributed by atoms with E-state index in [9.17, 15) is 9.59 Å². The Kier molecular flexibility index (Phi) is 4.54. The second-order valence-electron chi connectivity index (χ2n) is 5.35. The molecule has 1 aliphatic heterocycles. The molecule has 2 aliphatic rings. The molecule has 0 aromatic rings. The Hall–Kier alpha value is -0.710. The summed E-state index contributed by atoms with van der Waals surface area (Å²) >= 11 is 1.91. The van der Waals surface area contributed by atoms with Crippen molar-refractivity contribution in [3.05, 3.63) is 0 Å². The Morgan fingerprint density at radius 3 is 2.22 bits per heavy atom. The topological polar surface area (TPSA) is 57.6 Å². The van der Waals surface area contributed by atoms with Crippen LogP contribution in [0.1, 0.15) is 32.1 Å². The summed E-state index contributed by atoms with van der Waals surface area (Å²) in [7, 11) is 1.90. The number of hydrogen-bond acceptors (Lipinski definition) is 3. The molecule has 5 heteroatoms. The zero-order valence-electron chi connectivity index (χ0n) is 10.8. The summed E-state index contributed by atoms with van der Waals surface area (Å²) < 4.78 is 0. The molecule has 1 atom stereocenters. The van der Waals surface area contributed by atoms with Gasteiger partial charge < -0.3 is 10.0 Å². The van der Waals surface area contributed by atoms with Gasteiger partial charge in [-0.3, -0.25) is 9.59 Å². The van der Waals surface area contributed by atoms with Crippen LogP contribution < -0.4 is 0 Å². The lowest BCUT2D eigenvalue weighted by Crippen LogP contribution is -2.42. The van der Waals surface area contributed by atoms with E-state index in [0.717, 1.165) is 30.8 Å². The van der Waals surface area contributed by atoms with Crippen LogP contribution in [0, 0.1) is 11.8 Å². The summed E-state index contributed by atoms with van der Waals surface area (Å²) in [5, 5.41) is 8.95. The van der Waals surface area contributed by atoms with Crippen LogP contribution in [0.4, 0.5) is 0 Å². The van der Waals surface area contributed by atoms with Crippen LogP contribution in [0.15, 0.2) is 0 Å². The zero-order chi connectivity index (χ0) is 13.1. The molecule has 1 aliphatic carbocycles. The fraction of sp³-hybridized carbons (Fsp3) is 0.846. The molecule has 2 fully saturated rings. The van der Waals surface area contributed by atoms with Crippen molar-refractivity contribution in [2.24, 2.45) is 11.8 Å². The number of nitrogens with zero attached hydrogens (tertiary/aromatic N) is 1. The SMILES string of the molecule is CN(C(=O)C1CCC(C(=O)O)CC1)C1CCSC1. The Balaban J connectivity index is 1.85. The molecule has 1 saturated heterocycles. The van der Waals surface area contributed by atoms with Gasteiger partial charge in [-0.15, -0.1) is 0 Å². The first-order chi connectivity index (χ1) is 8.59. The van der Waals surface area contributed by atoms with Gasteiger partial charge in [-0.25, -0.2) is 0 Å². The molecular weight excluding hydrogens is 250 g/mol. The highest BCUT2D eigenvalue weighted by molar-refractivity contribution is 7.99. The van der Waals surface area contributed by atoms with E-state index < -0.39 is 5.97 Å². The number of carboxylic acids is 1. The highest BCUT2D eigenvalue weighted by atomic mass is 32.2. The lowest BCUT2D eigenvalue weighted by Gasteiger charge is -2.31. The van der Waals surface area contributed by atoms with Gasteiger partial charge in [-0.1, -0.05) is 0 Å². The molecule has 0 bridgehead atoms. The quantitative estimate of drug-likeness (QED) is 0.851. The van der Waals surface area contributed by atoms with E-state index in [0.29, 0.717) is 18.9 Å². The monoisotopic (exact) mass is 271 g/mol. The van der Waals surface area contributed by atoms with Gasteiger partial charge in [0.05, 0.1) is 5.92 Å². The van der Waals surface area contributed by atoms with Crippen molar-refractivity contribution in [2.75, 3.05) is 18.6 Å². The first kappa shape index (κ1) is 13.7. The van der Waals surface area contributed by atoms with Gasteiger partial charge in [0, 0.05) is 24.8 Å². The Labute approximate surface area is 112 Å². The molecule has 0 aromatic heterocycles. The van der Waals surface area contributed by atoms with Crippen molar-refractivity contribution >= 4 is 23.6 Å². The Bertz CT molecular complexity index is 320. The van der Waals surface area contributed by atoms with Gasteiger partial charge in [-0.05, 0) is 37.9 Å². The van der Waals surface area contributed by atoms with Gasteiger partial charge >= 0.3 is 5.97 Å². The lowest BCUT2D eigenvalue weighted by molar-refractivity contribution is -0.145. The van der Waals surface area contributed by atoms with Crippen LogP contribution in [0.3, 0.4) is 0 Å². The number of hydrogen-bond donors (Lipinski definition) is 1. The summed E-state index contributed by atoms with van der Waals surface area (Å²) in [5.41, 5.74) is 0. The maximum Gasteiger partial charge on any atom is 0.306 e. The number of carboxylic acid groups (broad SMARTS) is 1. The molecule has 1 amide bonds. The van der Waals surface area contributed by atoms with E-state index >= 15 is 0 Å². The first-order valence-corrected chi connectivity index (χ1v) is 7.82. The summed E-state index contributed by atoms with van der Waals surface area (Å²) in [5.74, 6) is 1.53. The number of amides is 1. The third-order valence-electron chi connectivity index (χ3n) is 4.23. The standard InChI is InChI=1S/C13H21NO3S/c1-14(11-6-7-18-8-11)12(15)9-2-4-10(5-3-9)13(16)17/h9-11H,2-8H2,1H3,(H,16,17). The maximum absolute atomic E-state index is 12.3. The summed E-state index contributed by atoms with van der Waals surface area (Å²) in [6.45, 7) is 0. The molecule has 18 heavy (non-hydrogen) atoms. The molecule has 4 nitrogen and oxygen atoms in total. The number of carbonyl (C=O) groups excluding carboxylic acids is 1. The molecule has 1 heterocycles. The minimum Gasteiger partial charge on any atom is -0.481 e. The van der Waals surface area contributed by atoms with E-state index in [-0.39, 0.29) is 17.7 Å². The predicted molar refractivity (Wildman–Crippen MR) is 71.6 cm³/mol. The summed E-state index contributed by atoms with van der Waals surface area (Å²) in [6.07, 6.45) is 3.87. The summed E-state index contributed by atoms with van der Waals surface area (Å²) in [6, 6.07) is 0.389. The molecule has 102 valence electrons. The van der Waals surface area contributed by atoms with E-state index in [4.69, 9.17) is 5.11 Å². The molecule has 1 unspecified atom stereocenters. The Morgan fingerprint density at radius 2 is 1.72 bits per heavy atom. The maximum atomic E-state index is 12.3. The number of aliphatic carboxylic acids is 1. The number of thioether (sulfide) groups is 1. The number of rotatable bonds is 3. The smallest absolute Gasteiger partial charge is 0.306 e. The van der Waals surface area contributed by atoms with Crippen molar-refractivity contribution < 1.29 is 14.7 Å². The highest BCUT2D eigenvalue weighted by Gasteiger charge is 2.33. The van der Waals surface area contributed by atoms with E-state index in [1.807, 2.05) is 23.7 Å². The Morgan fingerprint density at radius 1 is 1.11 bits per heavy atom. The van der Waals surface area contributed by atoms with Crippen LogP contribution >= 0.6 is 11.8 Å². The highest BCUT2D eigenvalue weighted by Crippen LogP contribution is 2.31. The fourth-order valence-electron chi connectivity index (χ4n) is 2.88. The van der Waals surface area contributed by atoms with Crippen molar-refractivity contribution in [2.45, 2.75) is 38.1 Å². The van der Waals surface area contributed by atoms with Gasteiger partial charge in [-0.2, -0.15) is 11.8 Å². The molecule has 0 spiro atoms. The van der Waals surface area contributed by atoms with Crippen molar-refractivity contribution in [1.29, 1.82) is 0 Å². The predicted octanol–water partition coefficient (Wildman–Crippen LogP) is 1.84. The van der Waals surface area contributed by atoms with Crippen molar-refractivity contribution in [3.8, 4) is 0 Å². The van der Waals surface area contributed by atoms with E-state index in [1.165, 1.54) is 0 Å². The second-order valence-corrected chi connectivity index (χ2v) is 6.50. The van der Waals surface area contributed by atoms with Crippen molar-refractivity contribution in [3.63, 3.8) is 0 Å².